The summed E-state index contributed by atoms with van der Waals surface area (Å²) in [5.41, 5.74) is 0. The summed E-state index contributed by atoms with van der Waals surface area (Å²) in [6.07, 6.45) is 1.36. The summed E-state index contributed by atoms with van der Waals surface area (Å²) < 4.78 is 0. The largest absolute Gasteiger partial charge is 0.393 e. The van der Waals surface area contributed by atoms with E-state index in [9.17, 15) is 5.11 Å². The molecule has 0 aromatic carbocycles. The van der Waals surface area contributed by atoms with E-state index in [1.807, 2.05) is 6.92 Å². The first-order valence-corrected chi connectivity index (χ1v) is 6.44. The van der Waals surface area contributed by atoms with E-state index in [-0.39, 0.29) is 12.0 Å². The summed E-state index contributed by atoms with van der Waals surface area (Å²) in [5, 5.41) is 10.2. The molecule has 1 N–H and O–H groups in total. The molecule has 1 aliphatic rings. The van der Waals surface area contributed by atoms with Crippen LogP contribution >= 0.6 is 11.6 Å². The minimum absolute atomic E-state index is 0.200. The lowest BCUT2D eigenvalue weighted by Gasteiger charge is -2.35. The maximum Gasteiger partial charge on any atom is 0.134 e. The average molecular weight is 256 g/mol. The number of rotatable bonds is 2. The van der Waals surface area contributed by atoms with Gasteiger partial charge in [0.1, 0.15) is 16.8 Å². The molecule has 0 amide bonds. The molecule has 2 atom stereocenters. The van der Waals surface area contributed by atoms with Crippen molar-refractivity contribution >= 4 is 17.4 Å². The molecule has 94 valence electrons. The third-order valence-corrected chi connectivity index (χ3v) is 3.42. The summed E-state index contributed by atoms with van der Waals surface area (Å²) in [6.45, 7) is 5.71. The molecule has 1 aromatic heterocycles. The van der Waals surface area contributed by atoms with Crippen molar-refractivity contribution in [3.05, 3.63) is 17.0 Å². The van der Waals surface area contributed by atoms with Crippen LogP contribution in [0.4, 0.5) is 5.82 Å². The van der Waals surface area contributed by atoms with Crippen molar-refractivity contribution in [2.24, 2.45) is 5.92 Å². The first kappa shape index (κ1) is 12.6. The minimum atomic E-state index is -0.200. The normalized spacial score (nSPS) is 25.1. The molecule has 0 spiro atoms. The SMILES string of the molecule is CCc1nc(Cl)cc(N2CCC(O)C(C)C2)n1. The van der Waals surface area contributed by atoms with Crippen LogP contribution in [0, 0.1) is 5.92 Å². The summed E-state index contributed by atoms with van der Waals surface area (Å²) in [5.74, 6) is 1.91. The van der Waals surface area contributed by atoms with Gasteiger partial charge < -0.3 is 10.0 Å². The van der Waals surface area contributed by atoms with E-state index in [4.69, 9.17) is 11.6 Å². The van der Waals surface area contributed by atoms with Crippen LogP contribution in [0.25, 0.3) is 0 Å². The Kier molecular flexibility index (Phi) is 3.84. The van der Waals surface area contributed by atoms with Gasteiger partial charge in [-0.3, -0.25) is 0 Å². The molecular formula is C12H18ClN3O. The minimum Gasteiger partial charge on any atom is -0.393 e. The predicted molar refractivity (Wildman–Crippen MR) is 68.4 cm³/mol. The predicted octanol–water partition coefficient (Wildman–Crippen LogP) is 1.90. The lowest BCUT2D eigenvalue weighted by atomic mass is 9.97. The highest BCUT2D eigenvalue weighted by molar-refractivity contribution is 6.29. The first-order chi connectivity index (χ1) is 8.10. The number of aromatic nitrogens is 2. The zero-order valence-corrected chi connectivity index (χ0v) is 11.0. The second kappa shape index (κ2) is 5.19. The van der Waals surface area contributed by atoms with Crippen LogP contribution < -0.4 is 4.90 Å². The van der Waals surface area contributed by atoms with Crippen molar-refractivity contribution < 1.29 is 5.11 Å². The van der Waals surface area contributed by atoms with E-state index in [1.54, 1.807) is 6.07 Å². The van der Waals surface area contributed by atoms with Crippen molar-refractivity contribution in [2.45, 2.75) is 32.8 Å². The van der Waals surface area contributed by atoms with Crippen LogP contribution in [-0.4, -0.2) is 34.3 Å². The van der Waals surface area contributed by atoms with Gasteiger partial charge in [0.25, 0.3) is 0 Å². The highest BCUT2D eigenvalue weighted by Gasteiger charge is 2.25. The van der Waals surface area contributed by atoms with Crippen LogP contribution in [0.1, 0.15) is 26.1 Å². The number of nitrogens with zero attached hydrogens (tertiary/aromatic N) is 3. The van der Waals surface area contributed by atoms with Gasteiger partial charge in [0.2, 0.25) is 0 Å². The molecule has 0 radical (unpaired) electrons. The number of piperidine rings is 1. The van der Waals surface area contributed by atoms with Gasteiger partial charge in [-0.25, -0.2) is 9.97 Å². The second-order valence-electron chi connectivity index (χ2n) is 4.60. The Labute approximate surface area is 107 Å². The fourth-order valence-corrected chi connectivity index (χ4v) is 2.31. The lowest BCUT2D eigenvalue weighted by molar-refractivity contribution is 0.0969. The molecule has 1 aromatic rings. The van der Waals surface area contributed by atoms with E-state index in [2.05, 4.69) is 21.8 Å². The van der Waals surface area contributed by atoms with Crippen LogP contribution in [-0.2, 0) is 6.42 Å². The van der Waals surface area contributed by atoms with Gasteiger partial charge in [-0.1, -0.05) is 25.4 Å². The smallest absolute Gasteiger partial charge is 0.134 e. The molecule has 2 unspecified atom stereocenters. The van der Waals surface area contributed by atoms with Crippen LogP contribution in [0.5, 0.6) is 0 Å². The van der Waals surface area contributed by atoms with Crippen molar-refractivity contribution in [1.82, 2.24) is 9.97 Å². The summed E-state index contributed by atoms with van der Waals surface area (Å²) in [4.78, 5) is 10.8. The van der Waals surface area contributed by atoms with Crippen molar-refractivity contribution in [2.75, 3.05) is 18.0 Å². The molecule has 0 saturated carbocycles. The molecule has 2 heterocycles. The molecule has 17 heavy (non-hydrogen) atoms. The molecule has 4 nitrogen and oxygen atoms in total. The molecule has 5 heteroatoms. The van der Waals surface area contributed by atoms with E-state index >= 15 is 0 Å². The molecule has 1 fully saturated rings. The zero-order valence-electron chi connectivity index (χ0n) is 10.2. The molecule has 0 aliphatic carbocycles. The fraction of sp³-hybridized carbons (Fsp3) is 0.667. The number of aliphatic hydroxyl groups is 1. The number of halogens is 1. The molecule has 0 bridgehead atoms. The average Bonchev–Trinajstić information content (AvgIpc) is 2.32. The van der Waals surface area contributed by atoms with E-state index in [0.29, 0.717) is 5.15 Å². The van der Waals surface area contributed by atoms with Gasteiger partial charge in [-0.05, 0) is 12.3 Å². The molecule has 2 rings (SSSR count). The maximum absolute atomic E-state index is 9.71. The van der Waals surface area contributed by atoms with E-state index in [1.165, 1.54) is 0 Å². The monoisotopic (exact) mass is 255 g/mol. The van der Waals surface area contributed by atoms with Crippen LogP contribution in [0.2, 0.25) is 5.15 Å². The summed E-state index contributed by atoms with van der Waals surface area (Å²) in [6, 6.07) is 1.80. The summed E-state index contributed by atoms with van der Waals surface area (Å²) in [7, 11) is 0. The Balaban J connectivity index is 2.19. The Morgan fingerprint density at radius 1 is 1.53 bits per heavy atom. The third-order valence-electron chi connectivity index (χ3n) is 3.23. The second-order valence-corrected chi connectivity index (χ2v) is 4.99. The molecule has 1 aliphatic heterocycles. The van der Waals surface area contributed by atoms with Crippen molar-refractivity contribution in [3.8, 4) is 0 Å². The Morgan fingerprint density at radius 3 is 2.94 bits per heavy atom. The van der Waals surface area contributed by atoms with E-state index < -0.39 is 0 Å². The number of anilines is 1. The fourth-order valence-electron chi connectivity index (χ4n) is 2.11. The van der Waals surface area contributed by atoms with Gasteiger partial charge >= 0.3 is 0 Å². The summed E-state index contributed by atoms with van der Waals surface area (Å²) >= 11 is 5.99. The van der Waals surface area contributed by atoms with Crippen molar-refractivity contribution in [3.63, 3.8) is 0 Å². The van der Waals surface area contributed by atoms with Gasteiger partial charge in [-0.2, -0.15) is 0 Å². The van der Waals surface area contributed by atoms with Gasteiger partial charge in [-0.15, -0.1) is 0 Å². The lowest BCUT2D eigenvalue weighted by Crippen LogP contribution is -2.42. The van der Waals surface area contributed by atoms with Crippen LogP contribution in [0.3, 0.4) is 0 Å². The highest BCUT2D eigenvalue weighted by atomic mass is 35.5. The Hall–Kier alpha value is -0.870. The quantitative estimate of drug-likeness (QED) is 0.820. The Morgan fingerprint density at radius 2 is 2.29 bits per heavy atom. The number of hydrogen-bond donors (Lipinski definition) is 1. The first-order valence-electron chi connectivity index (χ1n) is 6.06. The van der Waals surface area contributed by atoms with Crippen LogP contribution in [0.15, 0.2) is 6.07 Å². The van der Waals surface area contributed by atoms with Gasteiger partial charge in [0.05, 0.1) is 6.10 Å². The molecule has 1 saturated heterocycles. The van der Waals surface area contributed by atoms with Crippen molar-refractivity contribution in [1.29, 1.82) is 0 Å². The number of hydrogen-bond acceptors (Lipinski definition) is 4. The van der Waals surface area contributed by atoms with E-state index in [0.717, 1.165) is 37.6 Å². The Bertz CT molecular complexity index is 399. The number of aliphatic hydroxyl groups excluding tert-OH is 1. The third kappa shape index (κ3) is 2.87. The maximum atomic E-state index is 9.71. The van der Waals surface area contributed by atoms with Gasteiger partial charge in [0, 0.05) is 25.6 Å². The standard InChI is InChI=1S/C12H18ClN3O/c1-3-11-14-10(13)6-12(15-11)16-5-4-9(17)8(2)7-16/h6,8-9,17H,3-5,7H2,1-2H3. The zero-order chi connectivity index (χ0) is 12.4. The molecular weight excluding hydrogens is 238 g/mol. The highest BCUT2D eigenvalue weighted by Crippen LogP contribution is 2.23. The van der Waals surface area contributed by atoms with Gasteiger partial charge in [0.15, 0.2) is 0 Å². The topological polar surface area (TPSA) is 49.2 Å². The number of aryl methyl sites for hydroxylation is 1.